The monoisotopic (exact) mass is 240 g/mol. The third kappa shape index (κ3) is 5.87. The van der Waals surface area contributed by atoms with Crippen LogP contribution in [0.4, 0.5) is 0 Å². The van der Waals surface area contributed by atoms with Gasteiger partial charge in [0.15, 0.2) is 0 Å². The van der Waals surface area contributed by atoms with E-state index < -0.39 is 0 Å². The molecule has 1 unspecified atom stereocenters. The van der Waals surface area contributed by atoms with Crippen molar-refractivity contribution >= 4 is 0 Å². The van der Waals surface area contributed by atoms with Crippen molar-refractivity contribution < 1.29 is 0 Å². The van der Waals surface area contributed by atoms with E-state index >= 15 is 0 Å². The van der Waals surface area contributed by atoms with Crippen LogP contribution in [0.2, 0.25) is 0 Å². The van der Waals surface area contributed by atoms with Gasteiger partial charge in [-0.15, -0.1) is 0 Å². The molecule has 0 aromatic carbocycles. The first-order chi connectivity index (χ1) is 8.30. The molecule has 1 rings (SSSR count). The molecular formula is C15H32N2. The average Bonchev–Trinajstić information content (AvgIpc) is 2.37. The molecule has 0 bridgehead atoms. The molecule has 17 heavy (non-hydrogen) atoms. The van der Waals surface area contributed by atoms with E-state index in [1.807, 2.05) is 0 Å². The summed E-state index contributed by atoms with van der Waals surface area (Å²) >= 11 is 0. The van der Waals surface area contributed by atoms with Crippen molar-refractivity contribution in [1.82, 2.24) is 10.2 Å². The van der Waals surface area contributed by atoms with Gasteiger partial charge < -0.3 is 10.2 Å². The van der Waals surface area contributed by atoms with Gasteiger partial charge in [-0.05, 0) is 51.7 Å². The molecule has 1 aliphatic heterocycles. The van der Waals surface area contributed by atoms with Crippen molar-refractivity contribution in [3.63, 3.8) is 0 Å². The van der Waals surface area contributed by atoms with Gasteiger partial charge in [-0.3, -0.25) is 0 Å². The van der Waals surface area contributed by atoms with Crippen LogP contribution in [-0.2, 0) is 0 Å². The summed E-state index contributed by atoms with van der Waals surface area (Å²) in [5.74, 6) is 0. The van der Waals surface area contributed by atoms with E-state index in [1.165, 1.54) is 64.6 Å². The zero-order chi connectivity index (χ0) is 12.5. The summed E-state index contributed by atoms with van der Waals surface area (Å²) in [5, 5.41) is 3.86. The van der Waals surface area contributed by atoms with E-state index in [2.05, 4.69) is 31.0 Å². The van der Waals surface area contributed by atoms with Crippen LogP contribution in [0.15, 0.2) is 0 Å². The summed E-state index contributed by atoms with van der Waals surface area (Å²) in [4.78, 5) is 2.64. The van der Waals surface area contributed by atoms with Gasteiger partial charge >= 0.3 is 0 Å². The Labute approximate surface area is 108 Å². The van der Waals surface area contributed by atoms with Gasteiger partial charge in [-0.25, -0.2) is 0 Å². The molecule has 0 amide bonds. The Morgan fingerprint density at radius 2 is 1.82 bits per heavy atom. The van der Waals surface area contributed by atoms with Gasteiger partial charge in [-0.1, -0.05) is 33.6 Å². The molecule has 0 aromatic rings. The first kappa shape index (κ1) is 15.0. The topological polar surface area (TPSA) is 15.3 Å². The van der Waals surface area contributed by atoms with E-state index in [4.69, 9.17) is 0 Å². The van der Waals surface area contributed by atoms with Crippen molar-refractivity contribution in [1.29, 1.82) is 0 Å². The zero-order valence-corrected chi connectivity index (χ0v) is 12.2. The van der Waals surface area contributed by atoms with E-state index in [0.29, 0.717) is 0 Å². The van der Waals surface area contributed by atoms with Crippen molar-refractivity contribution in [2.75, 3.05) is 19.6 Å². The molecule has 0 spiro atoms. The zero-order valence-electron chi connectivity index (χ0n) is 12.2. The summed E-state index contributed by atoms with van der Waals surface area (Å²) in [6.07, 6.45) is 9.32. The van der Waals surface area contributed by atoms with E-state index in [1.54, 1.807) is 0 Å². The van der Waals surface area contributed by atoms with Crippen molar-refractivity contribution in [2.24, 2.45) is 0 Å². The van der Waals surface area contributed by atoms with Crippen LogP contribution in [0.1, 0.15) is 65.7 Å². The summed E-state index contributed by atoms with van der Waals surface area (Å²) in [5.41, 5.74) is 0. The number of unbranched alkanes of at least 4 members (excludes halogenated alkanes) is 1. The molecule has 0 aliphatic carbocycles. The highest BCUT2D eigenvalue weighted by Gasteiger charge is 2.20. The number of hydrogen-bond donors (Lipinski definition) is 1. The molecule has 1 aliphatic rings. The highest BCUT2D eigenvalue weighted by molar-refractivity contribution is 4.80. The Balaban J connectivity index is 2.17. The average molecular weight is 240 g/mol. The lowest BCUT2D eigenvalue weighted by Crippen LogP contribution is -2.46. The minimum absolute atomic E-state index is 0.757. The van der Waals surface area contributed by atoms with Crippen molar-refractivity contribution in [2.45, 2.75) is 77.8 Å². The summed E-state index contributed by atoms with van der Waals surface area (Å²) in [7, 11) is 0. The second-order valence-corrected chi connectivity index (χ2v) is 5.53. The van der Waals surface area contributed by atoms with Gasteiger partial charge in [0, 0.05) is 12.1 Å². The fourth-order valence-corrected chi connectivity index (χ4v) is 2.79. The Bertz CT molecular complexity index is 174. The lowest BCUT2D eigenvalue weighted by Gasteiger charge is -2.34. The quantitative estimate of drug-likeness (QED) is 0.699. The Morgan fingerprint density at radius 1 is 1.12 bits per heavy atom. The van der Waals surface area contributed by atoms with Crippen LogP contribution in [0.5, 0.6) is 0 Å². The minimum Gasteiger partial charge on any atom is -0.311 e. The third-order valence-corrected chi connectivity index (χ3v) is 4.02. The third-order valence-electron chi connectivity index (χ3n) is 4.02. The summed E-state index contributed by atoms with van der Waals surface area (Å²) < 4.78 is 0. The Kier molecular flexibility index (Phi) is 7.87. The number of rotatable bonds is 8. The lowest BCUT2D eigenvalue weighted by molar-refractivity contribution is 0.186. The van der Waals surface area contributed by atoms with Crippen LogP contribution >= 0.6 is 0 Å². The predicted octanol–water partition coefficient (Wildman–Crippen LogP) is 3.42. The van der Waals surface area contributed by atoms with Crippen LogP contribution < -0.4 is 5.32 Å². The van der Waals surface area contributed by atoms with Crippen LogP contribution in [-0.4, -0.2) is 36.6 Å². The van der Waals surface area contributed by atoms with Crippen molar-refractivity contribution in [3.8, 4) is 0 Å². The van der Waals surface area contributed by atoms with Crippen molar-refractivity contribution in [3.05, 3.63) is 0 Å². The van der Waals surface area contributed by atoms with Gasteiger partial charge in [-0.2, -0.15) is 0 Å². The fourth-order valence-electron chi connectivity index (χ4n) is 2.79. The molecule has 0 aromatic heterocycles. The van der Waals surface area contributed by atoms with Crippen LogP contribution in [0.25, 0.3) is 0 Å². The highest BCUT2D eigenvalue weighted by atomic mass is 15.1. The first-order valence-corrected chi connectivity index (χ1v) is 7.78. The maximum Gasteiger partial charge on any atom is 0.00939 e. The second kappa shape index (κ2) is 8.93. The van der Waals surface area contributed by atoms with Crippen LogP contribution in [0, 0.1) is 0 Å². The van der Waals surface area contributed by atoms with E-state index in [-0.39, 0.29) is 0 Å². The molecule has 1 N–H and O–H groups in total. The highest BCUT2D eigenvalue weighted by Crippen LogP contribution is 2.13. The molecule has 102 valence electrons. The number of hydrogen-bond acceptors (Lipinski definition) is 2. The van der Waals surface area contributed by atoms with E-state index in [0.717, 1.165) is 12.1 Å². The normalized spacial score (nSPS) is 20.6. The predicted molar refractivity (Wildman–Crippen MR) is 76.5 cm³/mol. The van der Waals surface area contributed by atoms with Gasteiger partial charge in [0.25, 0.3) is 0 Å². The number of likely N-dealkylation sites (tertiary alicyclic amines) is 1. The van der Waals surface area contributed by atoms with Crippen LogP contribution in [0.3, 0.4) is 0 Å². The smallest absolute Gasteiger partial charge is 0.00939 e. The molecule has 0 radical (unpaired) electrons. The number of nitrogens with one attached hydrogen (secondary N) is 1. The maximum atomic E-state index is 3.86. The standard InChI is InChI=1S/C15H32N2/c1-4-7-11-17-12-9-15(10-13-17)16-14(6-3)8-5-2/h14-16H,4-13H2,1-3H3. The van der Waals surface area contributed by atoms with Gasteiger partial charge in [0.05, 0.1) is 0 Å². The second-order valence-electron chi connectivity index (χ2n) is 5.53. The first-order valence-electron chi connectivity index (χ1n) is 7.78. The molecule has 1 heterocycles. The molecule has 0 saturated carbocycles. The summed E-state index contributed by atoms with van der Waals surface area (Å²) in [6, 6.07) is 1.54. The molecular weight excluding hydrogens is 208 g/mol. The Morgan fingerprint density at radius 3 is 2.35 bits per heavy atom. The number of piperidine rings is 1. The number of nitrogens with zero attached hydrogens (tertiary/aromatic N) is 1. The summed E-state index contributed by atoms with van der Waals surface area (Å²) in [6.45, 7) is 10.8. The SMILES string of the molecule is CCCCN1CCC(NC(CC)CCC)CC1. The molecule has 1 atom stereocenters. The van der Waals surface area contributed by atoms with E-state index in [9.17, 15) is 0 Å². The lowest BCUT2D eigenvalue weighted by atomic mass is 10.0. The Hall–Kier alpha value is -0.0800. The van der Waals surface area contributed by atoms with Gasteiger partial charge in [0.1, 0.15) is 0 Å². The minimum atomic E-state index is 0.757. The largest absolute Gasteiger partial charge is 0.311 e. The molecule has 2 heteroatoms. The molecule has 1 saturated heterocycles. The molecule has 2 nitrogen and oxygen atoms in total. The maximum absolute atomic E-state index is 3.86. The molecule has 1 fully saturated rings. The fraction of sp³-hybridized carbons (Fsp3) is 1.00. The van der Waals surface area contributed by atoms with Gasteiger partial charge in [0.2, 0.25) is 0 Å².